The molecule has 1 aliphatic rings. The Kier molecular flexibility index (Phi) is 3.25. The fourth-order valence-corrected chi connectivity index (χ4v) is 2.41. The molecular formula is C8H16N2O4S. The topological polar surface area (TPSA) is 84.5 Å². The molecule has 1 amide bonds. The lowest BCUT2D eigenvalue weighted by atomic mass is 10.2. The molecule has 1 saturated heterocycles. The molecule has 0 saturated carbocycles. The second kappa shape index (κ2) is 3.97. The molecule has 88 valence electrons. The molecule has 2 N–H and O–H groups in total. The molecule has 1 heterocycles. The Balaban J connectivity index is 2.19. The molecule has 0 atom stereocenters. The highest BCUT2D eigenvalue weighted by Gasteiger charge is 2.33. The van der Waals surface area contributed by atoms with Gasteiger partial charge in [-0.05, 0) is 20.8 Å². The van der Waals surface area contributed by atoms with Crippen LogP contribution in [0.5, 0.6) is 0 Å². The van der Waals surface area contributed by atoms with E-state index in [1.54, 1.807) is 20.8 Å². The van der Waals surface area contributed by atoms with Crippen molar-refractivity contribution in [2.75, 3.05) is 11.5 Å². The van der Waals surface area contributed by atoms with Crippen molar-refractivity contribution in [1.82, 2.24) is 10.9 Å². The number of amides is 1. The van der Waals surface area contributed by atoms with Crippen LogP contribution in [-0.4, -0.2) is 37.7 Å². The second-order valence-corrected chi connectivity index (χ2v) is 6.70. The SMILES string of the molecule is CC(C)(C)OC(=O)NNC1CS(=O)(=O)C1. The minimum Gasteiger partial charge on any atom is -0.443 e. The van der Waals surface area contributed by atoms with Crippen LogP contribution in [0.2, 0.25) is 0 Å². The van der Waals surface area contributed by atoms with Gasteiger partial charge in [-0.15, -0.1) is 0 Å². The van der Waals surface area contributed by atoms with E-state index in [0.29, 0.717) is 0 Å². The van der Waals surface area contributed by atoms with Crippen molar-refractivity contribution in [3.8, 4) is 0 Å². The summed E-state index contributed by atoms with van der Waals surface area (Å²) in [5, 5.41) is 0. The molecule has 1 fully saturated rings. The van der Waals surface area contributed by atoms with Crippen molar-refractivity contribution in [3.05, 3.63) is 0 Å². The summed E-state index contributed by atoms with van der Waals surface area (Å²) in [7, 11) is -2.87. The first-order valence-electron chi connectivity index (χ1n) is 4.63. The minimum absolute atomic E-state index is 0.0583. The Morgan fingerprint density at radius 3 is 2.27 bits per heavy atom. The fraction of sp³-hybridized carbons (Fsp3) is 0.875. The van der Waals surface area contributed by atoms with Gasteiger partial charge in [-0.25, -0.2) is 18.6 Å². The molecule has 0 aromatic heterocycles. The van der Waals surface area contributed by atoms with Crippen molar-refractivity contribution in [1.29, 1.82) is 0 Å². The molecule has 0 aromatic carbocycles. The average Bonchev–Trinajstić information content (AvgIpc) is 1.93. The summed E-state index contributed by atoms with van der Waals surface area (Å²) in [6, 6.07) is -0.206. The number of hydrogen-bond acceptors (Lipinski definition) is 5. The van der Waals surface area contributed by atoms with E-state index in [2.05, 4.69) is 10.9 Å². The summed E-state index contributed by atoms with van der Waals surface area (Å²) in [6.07, 6.45) is -0.605. The molecule has 1 aliphatic heterocycles. The van der Waals surface area contributed by atoms with E-state index in [4.69, 9.17) is 4.74 Å². The number of hydrogen-bond donors (Lipinski definition) is 2. The standard InChI is InChI=1S/C8H16N2O4S/c1-8(2,3)14-7(11)10-9-6-4-15(12,13)5-6/h6,9H,4-5H2,1-3H3,(H,10,11). The first kappa shape index (κ1) is 12.3. The Morgan fingerprint density at radius 2 is 1.87 bits per heavy atom. The van der Waals surface area contributed by atoms with Crippen LogP contribution in [0.1, 0.15) is 20.8 Å². The van der Waals surface area contributed by atoms with Gasteiger partial charge >= 0.3 is 6.09 Å². The molecule has 15 heavy (non-hydrogen) atoms. The van der Waals surface area contributed by atoms with Crippen LogP contribution in [0.15, 0.2) is 0 Å². The monoisotopic (exact) mass is 236 g/mol. The maximum Gasteiger partial charge on any atom is 0.422 e. The largest absolute Gasteiger partial charge is 0.443 e. The summed E-state index contributed by atoms with van der Waals surface area (Å²) >= 11 is 0. The third-order valence-electron chi connectivity index (χ3n) is 1.69. The van der Waals surface area contributed by atoms with Crippen molar-refractivity contribution < 1.29 is 17.9 Å². The molecule has 0 radical (unpaired) electrons. The Morgan fingerprint density at radius 1 is 1.33 bits per heavy atom. The predicted molar refractivity (Wildman–Crippen MR) is 54.9 cm³/mol. The Bertz CT molecular complexity index is 332. The lowest BCUT2D eigenvalue weighted by Gasteiger charge is -2.27. The first-order valence-corrected chi connectivity index (χ1v) is 6.45. The third-order valence-corrected chi connectivity index (χ3v) is 3.51. The van der Waals surface area contributed by atoms with Gasteiger partial charge in [0.25, 0.3) is 0 Å². The number of rotatable bonds is 2. The van der Waals surface area contributed by atoms with Crippen molar-refractivity contribution >= 4 is 15.9 Å². The highest BCUT2D eigenvalue weighted by Crippen LogP contribution is 2.09. The van der Waals surface area contributed by atoms with E-state index in [1.807, 2.05) is 0 Å². The van der Waals surface area contributed by atoms with E-state index >= 15 is 0 Å². The zero-order chi connectivity index (χ0) is 11.7. The molecule has 0 unspecified atom stereocenters. The number of sulfone groups is 1. The molecule has 0 aliphatic carbocycles. The summed E-state index contributed by atoms with van der Waals surface area (Å²) in [5.41, 5.74) is 4.34. The maximum absolute atomic E-state index is 11.1. The van der Waals surface area contributed by atoms with Crippen molar-refractivity contribution in [2.24, 2.45) is 0 Å². The van der Waals surface area contributed by atoms with Gasteiger partial charge in [0.1, 0.15) is 5.60 Å². The van der Waals surface area contributed by atoms with Gasteiger partial charge in [-0.2, -0.15) is 0 Å². The van der Waals surface area contributed by atoms with Crippen LogP contribution in [0.3, 0.4) is 0 Å². The van der Waals surface area contributed by atoms with Crippen LogP contribution in [-0.2, 0) is 14.6 Å². The summed E-state index contributed by atoms with van der Waals surface area (Å²) in [4.78, 5) is 11.1. The van der Waals surface area contributed by atoms with Crippen LogP contribution in [0.4, 0.5) is 4.79 Å². The number of nitrogens with one attached hydrogen (secondary N) is 2. The van der Waals surface area contributed by atoms with Gasteiger partial charge in [0.15, 0.2) is 9.84 Å². The molecule has 0 aromatic rings. The molecular weight excluding hydrogens is 220 g/mol. The van der Waals surface area contributed by atoms with Gasteiger partial charge in [0.05, 0.1) is 17.5 Å². The predicted octanol–water partition coefficient (Wildman–Crippen LogP) is -0.187. The van der Waals surface area contributed by atoms with Gasteiger partial charge in [-0.3, -0.25) is 5.43 Å². The minimum atomic E-state index is -2.87. The molecule has 1 rings (SSSR count). The van der Waals surface area contributed by atoms with Gasteiger partial charge < -0.3 is 4.74 Å². The second-order valence-electron chi connectivity index (χ2n) is 4.55. The van der Waals surface area contributed by atoms with E-state index in [1.165, 1.54) is 0 Å². The van der Waals surface area contributed by atoms with Gasteiger partial charge in [0, 0.05) is 0 Å². The molecule has 0 bridgehead atoms. The number of carbonyl (C=O) groups is 1. The highest BCUT2D eigenvalue weighted by molar-refractivity contribution is 7.92. The average molecular weight is 236 g/mol. The van der Waals surface area contributed by atoms with Crippen LogP contribution in [0.25, 0.3) is 0 Å². The van der Waals surface area contributed by atoms with E-state index in [0.717, 1.165) is 0 Å². The van der Waals surface area contributed by atoms with Crippen molar-refractivity contribution in [2.45, 2.75) is 32.4 Å². The lowest BCUT2D eigenvalue weighted by Crippen LogP contribution is -2.57. The van der Waals surface area contributed by atoms with E-state index in [9.17, 15) is 13.2 Å². The van der Waals surface area contributed by atoms with Crippen LogP contribution in [0, 0.1) is 0 Å². The maximum atomic E-state index is 11.1. The molecule has 0 spiro atoms. The summed E-state index contributed by atoms with van der Waals surface area (Å²) < 4.78 is 26.5. The highest BCUT2D eigenvalue weighted by atomic mass is 32.2. The van der Waals surface area contributed by atoms with E-state index < -0.39 is 21.5 Å². The smallest absolute Gasteiger partial charge is 0.422 e. The third kappa shape index (κ3) is 4.48. The molecule has 6 nitrogen and oxygen atoms in total. The lowest BCUT2D eigenvalue weighted by molar-refractivity contribution is 0.0490. The molecule has 7 heteroatoms. The van der Waals surface area contributed by atoms with E-state index in [-0.39, 0.29) is 17.5 Å². The number of hydrazine groups is 1. The number of carbonyl (C=O) groups excluding carboxylic acids is 1. The van der Waals surface area contributed by atoms with Gasteiger partial charge in [0.2, 0.25) is 0 Å². The Hall–Kier alpha value is -0.820. The normalized spacial score (nSPS) is 20.5. The fourth-order valence-electron chi connectivity index (χ4n) is 1.11. The Labute approximate surface area is 89.3 Å². The first-order chi connectivity index (χ1) is 6.68. The van der Waals surface area contributed by atoms with Crippen LogP contribution < -0.4 is 10.9 Å². The summed E-state index contributed by atoms with van der Waals surface area (Å²) in [5.74, 6) is 0.117. The number of ether oxygens (including phenoxy) is 1. The van der Waals surface area contributed by atoms with Crippen molar-refractivity contribution in [3.63, 3.8) is 0 Å². The van der Waals surface area contributed by atoms with Gasteiger partial charge in [-0.1, -0.05) is 0 Å². The summed E-state index contributed by atoms with van der Waals surface area (Å²) in [6.45, 7) is 5.25. The quantitative estimate of drug-likeness (QED) is 0.649. The zero-order valence-corrected chi connectivity index (χ0v) is 9.85. The zero-order valence-electron chi connectivity index (χ0n) is 9.03. The van der Waals surface area contributed by atoms with Crippen LogP contribution >= 0.6 is 0 Å².